The van der Waals surface area contributed by atoms with Gasteiger partial charge in [-0.1, -0.05) is 43.7 Å². The number of hydrogen-bond donors (Lipinski definition) is 2. The van der Waals surface area contributed by atoms with Gasteiger partial charge in [-0.3, -0.25) is 4.79 Å². The van der Waals surface area contributed by atoms with Crippen molar-refractivity contribution in [1.82, 2.24) is 10.6 Å². The molecule has 1 heterocycles. The lowest BCUT2D eigenvalue weighted by Crippen LogP contribution is -2.49. The van der Waals surface area contributed by atoms with Crippen LogP contribution >= 0.6 is 12.4 Å². The molecule has 0 saturated carbocycles. The highest BCUT2D eigenvalue weighted by Gasteiger charge is 2.25. The fourth-order valence-electron chi connectivity index (χ4n) is 2.26. The van der Waals surface area contributed by atoms with Crippen LogP contribution in [-0.2, 0) is 14.9 Å². The normalized spacial score (nSPS) is 18.7. The number of halogens is 1. The summed E-state index contributed by atoms with van der Waals surface area (Å²) in [4.78, 5) is 12.1. The number of benzene rings is 1. The summed E-state index contributed by atoms with van der Waals surface area (Å²) in [7, 11) is 0. The van der Waals surface area contributed by atoms with Crippen molar-refractivity contribution >= 4 is 18.3 Å². The Morgan fingerprint density at radius 2 is 2.05 bits per heavy atom. The minimum Gasteiger partial charge on any atom is -0.366 e. The fourth-order valence-corrected chi connectivity index (χ4v) is 2.26. The van der Waals surface area contributed by atoms with Crippen LogP contribution < -0.4 is 10.6 Å². The molecular weight excluding hydrogens is 288 g/mol. The number of hydrogen-bond acceptors (Lipinski definition) is 3. The van der Waals surface area contributed by atoms with Crippen molar-refractivity contribution in [2.45, 2.75) is 32.3 Å². The summed E-state index contributed by atoms with van der Waals surface area (Å²) >= 11 is 0. The van der Waals surface area contributed by atoms with E-state index in [9.17, 15) is 4.79 Å². The molecule has 0 radical (unpaired) electrons. The maximum atomic E-state index is 12.1. The van der Waals surface area contributed by atoms with E-state index in [2.05, 4.69) is 55.7 Å². The molecular formula is C16H25ClN2O2. The van der Waals surface area contributed by atoms with Crippen LogP contribution in [0.15, 0.2) is 24.3 Å². The molecule has 118 valence electrons. The summed E-state index contributed by atoms with van der Waals surface area (Å²) in [5.41, 5.74) is 2.38. The standard InChI is InChI=1S/C16H24N2O2.ClH/c1-12-4-6-13(7-5-12)16(2,3)11-18-15(19)14-10-17-8-9-20-14;/h4-7,14,17H,8-11H2,1-3H3,(H,18,19);1H. The third-order valence-electron chi connectivity index (χ3n) is 3.76. The summed E-state index contributed by atoms with van der Waals surface area (Å²) in [6.45, 7) is 8.96. The second-order valence-electron chi connectivity index (χ2n) is 6.03. The highest BCUT2D eigenvalue weighted by molar-refractivity contribution is 5.85. The Kier molecular flexibility index (Phi) is 6.65. The van der Waals surface area contributed by atoms with E-state index in [1.165, 1.54) is 11.1 Å². The van der Waals surface area contributed by atoms with Crippen LogP contribution in [0.2, 0.25) is 0 Å². The summed E-state index contributed by atoms with van der Waals surface area (Å²) < 4.78 is 5.45. The van der Waals surface area contributed by atoms with Crippen molar-refractivity contribution in [2.24, 2.45) is 0 Å². The smallest absolute Gasteiger partial charge is 0.250 e. The highest BCUT2D eigenvalue weighted by Crippen LogP contribution is 2.22. The van der Waals surface area contributed by atoms with Gasteiger partial charge in [0.25, 0.3) is 0 Å². The minimum atomic E-state index is -0.363. The number of nitrogens with one attached hydrogen (secondary N) is 2. The van der Waals surface area contributed by atoms with Crippen LogP contribution in [0.3, 0.4) is 0 Å². The molecule has 1 aromatic carbocycles. The lowest BCUT2D eigenvalue weighted by atomic mass is 9.84. The third kappa shape index (κ3) is 4.99. The predicted octanol–water partition coefficient (Wildman–Crippen LogP) is 1.80. The Morgan fingerprint density at radius 1 is 1.38 bits per heavy atom. The van der Waals surface area contributed by atoms with Gasteiger partial charge in [-0.25, -0.2) is 0 Å². The fraction of sp³-hybridized carbons (Fsp3) is 0.562. The molecule has 0 spiro atoms. The number of rotatable bonds is 4. The van der Waals surface area contributed by atoms with Crippen molar-refractivity contribution in [3.63, 3.8) is 0 Å². The highest BCUT2D eigenvalue weighted by atomic mass is 35.5. The Hall–Kier alpha value is -1.10. The van der Waals surface area contributed by atoms with Gasteiger partial charge in [-0.15, -0.1) is 12.4 Å². The molecule has 21 heavy (non-hydrogen) atoms. The first-order valence-corrected chi connectivity index (χ1v) is 7.16. The molecule has 1 fully saturated rings. The molecule has 1 atom stereocenters. The molecule has 1 aliphatic rings. The van der Waals surface area contributed by atoms with Crippen LogP contribution in [0.25, 0.3) is 0 Å². The van der Waals surface area contributed by atoms with Crippen molar-refractivity contribution < 1.29 is 9.53 Å². The number of carbonyl (C=O) groups is 1. The molecule has 1 aromatic rings. The molecule has 0 aromatic heterocycles. The molecule has 4 nitrogen and oxygen atoms in total. The minimum absolute atomic E-state index is 0. The Bertz CT molecular complexity index is 454. The molecule has 5 heteroatoms. The monoisotopic (exact) mass is 312 g/mol. The van der Waals surface area contributed by atoms with Crippen molar-refractivity contribution in [2.75, 3.05) is 26.2 Å². The average Bonchev–Trinajstić information content (AvgIpc) is 2.46. The van der Waals surface area contributed by atoms with Crippen LogP contribution in [0, 0.1) is 6.92 Å². The first-order valence-electron chi connectivity index (χ1n) is 7.16. The number of morpholine rings is 1. The average molecular weight is 313 g/mol. The van der Waals surface area contributed by atoms with Crippen molar-refractivity contribution in [3.8, 4) is 0 Å². The zero-order valence-corrected chi connectivity index (χ0v) is 13.8. The van der Waals surface area contributed by atoms with E-state index in [1.54, 1.807) is 0 Å². The van der Waals surface area contributed by atoms with E-state index in [1.807, 2.05) is 0 Å². The predicted molar refractivity (Wildman–Crippen MR) is 87.1 cm³/mol. The first kappa shape index (κ1) is 18.0. The molecule has 2 N–H and O–H groups in total. The van der Waals surface area contributed by atoms with Gasteiger partial charge in [0, 0.05) is 25.0 Å². The van der Waals surface area contributed by atoms with Gasteiger partial charge < -0.3 is 15.4 Å². The van der Waals surface area contributed by atoms with E-state index >= 15 is 0 Å². The lowest BCUT2D eigenvalue weighted by molar-refractivity contribution is -0.134. The van der Waals surface area contributed by atoms with Gasteiger partial charge in [0.15, 0.2) is 0 Å². The number of aryl methyl sites for hydroxylation is 1. The molecule has 0 aliphatic carbocycles. The molecule has 1 amide bonds. The topological polar surface area (TPSA) is 50.4 Å². The summed E-state index contributed by atoms with van der Waals surface area (Å²) in [6.07, 6.45) is -0.363. The SMILES string of the molecule is Cc1ccc(C(C)(C)CNC(=O)C2CNCCO2)cc1.Cl. The van der Waals surface area contributed by atoms with E-state index in [-0.39, 0.29) is 29.8 Å². The second-order valence-corrected chi connectivity index (χ2v) is 6.03. The van der Waals surface area contributed by atoms with Gasteiger partial charge in [-0.05, 0) is 12.5 Å². The van der Waals surface area contributed by atoms with E-state index in [0.29, 0.717) is 19.7 Å². The lowest BCUT2D eigenvalue weighted by Gasteiger charge is -2.28. The number of carbonyl (C=O) groups excluding carboxylic acids is 1. The Balaban J connectivity index is 0.00000220. The summed E-state index contributed by atoms with van der Waals surface area (Å²) in [5, 5.41) is 6.17. The van der Waals surface area contributed by atoms with Gasteiger partial charge in [0.1, 0.15) is 6.10 Å². The van der Waals surface area contributed by atoms with Crippen molar-refractivity contribution in [3.05, 3.63) is 35.4 Å². The maximum Gasteiger partial charge on any atom is 0.250 e. The second kappa shape index (κ2) is 7.78. The Labute approximate surface area is 133 Å². The third-order valence-corrected chi connectivity index (χ3v) is 3.76. The number of amides is 1. The van der Waals surface area contributed by atoms with Gasteiger partial charge in [0.2, 0.25) is 5.91 Å². The van der Waals surface area contributed by atoms with Crippen molar-refractivity contribution in [1.29, 1.82) is 0 Å². The molecule has 1 unspecified atom stereocenters. The van der Waals surface area contributed by atoms with Gasteiger partial charge >= 0.3 is 0 Å². The zero-order valence-electron chi connectivity index (χ0n) is 12.9. The van der Waals surface area contributed by atoms with E-state index < -0.39 is 0 Å². The summed E-state index contributed by atoms with van der Waals surface area (Å²) in [5.74, 6) is -0.0302. The Morgan fingerprint density at radius 3 is 2.62 bits per heavy atom. The summed E-state index contributed by atoms with van der Waals surface area (Å²) in [6, 6.07) is 8.46. The maximum absolute atomic E-state index is 12.1. The van der Waals surface area contributed by atoms with Crippen LogP contribution in [-0.4, -0.2) is 38.3 Å². The van der Waals surface area contributed by atoms with E-state index in [0.717, 1.165) is 6.54 Å². The number of ether oxygens (including phenoxy) is 1. The largest absolute Gasteiger partial charge is 0.366 e. The van der Waals surface area contributed by atoms with Gasteiger partial charge in [-0.2, -0.15) is 0 Å². The van der Waals surface area contributed by atoms with Crippen LogP contribution in [0.4, 0.5) is 0 Å². The van der Waals surface area contributed by atoms with Crippen LogP contribution in [0.5, 0.6) is 0 Å². The van der Waals surface area contributed by atoms with Crippen LogP contribution in [0.1, 0.15) is 25.0 Å². The first-order chi connectivity index (χ1) is 9.49. The quantitative estimate of drug-likeness (QED) is 0.891. The van der Waals surface area contributed by atoms with E-state index in [4.69, 9.17) is 4.74 Å². The zero-order chi connectivity index (χ0) is 14.6. The molecule has 1 aliphatic heterocycles. The van der Waals surface area contributed by atoms with Gasteiger partial charge in [0.05, 0.1) is 6.61 Å². The molecule has 1 saturated heterocycles. The molecule has 0 bridgehead atoms. The molecule has 2 rings (SSSR count).